The van der Waals surface area contributed by atoms with Gasteiger partial charge in [0.1, 0.15) is 0 Å². The van der Waals surface area contributed by atoms with Crippen molar-refractivity contribution >= 4 is 11.8 Å². The molecule has 5 nitrogen and oxygen atoms in total. The van der Waals surface area contributed by atoms with E-state index in [1.807, 2.05) is 0 Å². The Morgan fingerprint density at radius 3 is 2.23 bits per heavy atom. The molecule has 0 aliphatic rings. The van der Waals surface area contributed by atoms with Crippen LogP contribution in [-0.4, -0.2) is 37.7 Å². The smallest absolute Gasteiger partial charge is 0.352 e. The van der Waals surface area contributed by atoms with Crippen LogP contribution in [0.3, 0.4) is 0 Å². The van der Waals surface area contributed by atoms with Crippen LogP contribution in [0.1, 0.15) is 13.8 Å². The van der Waals surface area contributed by atoms with E-state index in [0.717, 1.165) is 6.92 Å². The van der Waals surface area contributed by atoms with Crippen LogP contribution in [-0.2, 0) is 24.2 Å². The van der Waals surface area contributed by atoms with Crippen molar-refractivity contribution in [2.75, 3.05) is 20.3 Å². The highest BCUT2D eigenvalue weighted by Crippen LogP contribution is 2.10. The van der Waals surface area contributed by atoms with Gasteiger partial charge in [0.2, 0.25) is 0 Å². The summed E-state index contributed by atoms with van der Waals surface area (Å²) in [5, 5.41) is 11.5. The molecule has 13 heavy (non-hydrogen) atoms. The number of esters is 1. The molecule has 5 heteroatoms. The largest absolute Gasteiger partial charge is 0.463 e. The molecule has 0 aliphatic carbocycles. The van der Waals surface area contributed by atoms with Crippen molar-refractivity contribution in [3.63, 3.8) is 0 Å². The third-order valence-corrected chi connectivity index (χ3v) is 1.52. The second-order valence-electron chi connectivity index (χ2n) is 2.54. The number of rotatable bonds is 5. The third-order valence-electron chi connectivity index (χ3n) is 1.52. The van der Waals surface area contributed by atoms with Crippen molar-refractivity contribution in [3.05, 3.63) is 0 Å². The highest BCUT2D eigenvalue weighted by molar-refractivity contribution is 6.05. The molecular weight excluding hydrogens is 176 g/mol. The first-order valence-electron chi connectivity index (χ1n) is 3.86. The average molecular weight is 189 g/mol. The highest BCUT2D eigenvalue weighted by atomic mass is 16.6. The number of hydrogen-bond donors (Lipinski definition) is 0. The summed E-state index contributed by atoms with van der Waals surface area (Å²) in [7, 11) is 1.24. The van der Waals surface area contributed by atoms with Crippen LogP contribution in [0.25, 0.3) is 0 Å². The predicted octanol–water partition coefficient (Wildman–Crippen LogP) is -0.0458. The van der Waals surface area contributed by atoms with Gasteiger partial charge in [-0.1, -0.05) is 0 Å². The number of methoxy groups -OCH3 is 1. The lowest BCUT2D eigenvalue weighted by atomic mass is 10.0. The Morgan fingerprint density at radius 1 is 1.38 bits per heavy atom. The predicted molar refractivity (Wildman–Crippen MR) is 42.6 cm³/mol. The number of ether oxygens (including phenoxy) is 2. The van der Waals surface area contributed by atoms with Crippen molar-refractivity contribution in [3.8, 4) is 0 Å². The lowest BCUT2D eigenvalue weighted by molar-refractivity contribution is -0.183. The van der Waals surface area contributed by atoms with Gasteiger partial charge in [0.25, 0.3) is 5.60 Å². The van der Waals surface area contributed by atoms with Gasteiger partial charge in [-0.3, -0.25) is 4.79 Å². The minimum atomic E-state index is -2.41. The van der Waals surface area contributed by atoms with E-state index in [1.165, 1.54) is 7.11 Å². The molecule has 0 saturated carbocycles. The molecule has 0 spiro atoms. The van der Waals surface area contributed by atoms with Crippen LogP contribution >= 0.6 is 0 Å². The van der Waals surface area contributed by atoms with E-state index in [1.54, 1.807) is 6.92 Å². The fourth-order valence-corrected chi connectivity index (χ4v) is 0.755. The van der Waals surface area contributed by atoms with Crippen LogP contribution in [0.4, 0.5) is 0 Å². The maximum absolute atomic E-state index is 11.5. The lowest BCUT2D eigenvalue weighted by Crippen LogP contribution is -2.49. The summed E-state index contributed by atoms with van der Waals surface area (Å²) in [5.41, 5.74) is -2.41. The normalized spacial score (nSPS) is 14.8. The van der Waals surface area contributed by atoms with Crippen molar-refractivity contribution < 1.29 is 24.2 Å². The summed E-state index contributed by atoms with van der Waals surface area (Å²) < 4.78 is 8.97. The van der Waals surface area contributed by atoms with Gasteiger partial charge in [0.15, 0.2) is 5.78 Å². The van der Waals surface area contributed by atoms with E-state index in [4.69, 9.17) is 0 Å². The molecule has 1 unspecified atom stereocenters. The van der Waals surface area contributed by atoms with Crippen LogP contribution in [0.2, 0.25) is 0 Å². The maximum Gasteiger partial charge on any atom is 0.352 e. The van der Waals surface area contributed by atoms with Gasteiger partial charge in [-0.2, -0.15) is 0 Å². The topological polar surface area (TPSA) is 72.5 Å². The van der Waals surface area contributed by atoms with Crippen LogP contribution in [0.15, 0.2) is 0 Å². The van der Waals surface area contributed by atoms with Crippen LogP contribution in [0, 0.1) is 0 Å². The second-order valence-corrected chi connectivity index (χ2v) is 2.54. The fourth-order valence-electron chi connectivity index (χ4n) is 0.755. The van der Waals surface area contributed by atoms with Gasteiger partial charge in [0, 0.05) is 7.11 Å². The summed E-state index contributed by atoms with van der Waals surface area (Å²) in [4.78, 5) is 21.9. The quantitative estimate of drug-likeness (QED) is 0.449. The van der Waals surface area contributed by atoms with Gasteiger partial charge < -0.3 is 9.47 Å². The third kappa shape index (κ3) is 2.78. The zero-order chi connectivity index (χ0) is 10.5. The molecule has 0 heterocycles. The molecule has 1 atom stereocenters. The van der Waals surface area contributed by atoms with E-state index in [-0.39, 0.29) is 6.61 Å². The molecule has 0 aliphatic heterocycles. The highest BCUT2D eigenvalue weighted by Gasteiger charge is 2.45. The Labute approximate surface area is 76.6 Å². The zero-order valence-corrected chi connectivity index (χ0v) is 7.96. The monoisotopic (exact) mass is 189 g/mol. The molecular formula is C8H13O5. The average Bonchev–Trinajstić information content (AvgIpc) is 2.04. The van der Waals surface area contributed by atoms with Crippen molar-refractivity contribution in [1.82, 2.24) is 0 Å². The van der Waals surface area contributed by atoms with Crippen molar-refractivity contribution in [2.45, 2.75) is 19.4 Å². The molecule has 0 rings (SSSR count). The minimum absolute atomic E-state index is 0.0693. The van der Waals surface area contributed by atoms with E-state index in [0.29, 0.717) is 0 Å². The molecule has 0 amide bonds. The molecule has 75 valence electrons. The van der Waals surface area contributed by atoms with Crippen LogP contribution in [0.5, 0.6) is 0 Å². The summed E-state index contributed by atoms with van der Waals surface area (Å²) >= 11 is 0. The standard InChI is InChI=1S/C8H13O5/c1-4-13-7(10)8(11,5-12-3)6(2)9/h4-5H2,1-3H3. The fraction of sp³-hybridized carbons (Fsp3) is 0.750. The maximum atomic E-state index is 11.5. The second kappa shape index (κ2) is 4.94. The van der Waals surface area contributed by atoms with Gasteiger partial charge in [0.05, 0.1) is 13.2 Å². The number of carbonyl (C=O) groups is 2. The van der Waals surface area contributed by atoms with Crippen LogP contribution < -0.4 is 0 Å². The van der Waals surface area contributed by atoms with Gasteiger partial charge >= 0.3 is 5.97 Å². The molecule has 0 fully saturated rings. The number of Topliss-reactive ketones (excluding diaryl/α,β-unsaturated/α-hetero) is 1. The molecule has 0 N–H and O–H groups in total. The van der Waals surface area contributed by atoms with E-state index in [2.05, 4.69) is 9.47 Å². The number of hydrogen-bond acceptors (Lipinski definition) is 4. The first kappa shape index (κ1) is 12.1. The number of ketones is 1. The Balaban J connectivity index is 4.57. The molecule has 0 saturated heterocycles. The van der Waals surface area contributed by atoms with E-state index >= 15 is 0 Å². The van der Waals surface area contributed by atoms with Gasteiger partial charge in [-0.15, -0.1) is 0 Å². The molecule has 0 aromatic heterocycles. The summed E-state index contributed by atoms with van der Waals surface area (Å²) in [6, 6.07) is 0. The Hall–Kier alpha value is -0.940. The van der Waals surface area contributed by atoms with E-state index < -0.39 is 24.0 Å². The van der Waals surface area contributed by atoms with Gasteiger partial charge in [-0.25, -0.2) is 9.90 Å². The van der Waals surface area contributed by atoms with Gasteiger partial charge in [-0.05, 0) is 13.8 Å². The molecule has 0 aromatic rings. The summed E-state index contributed by atoms with van der Waals surface area (Å²) in [6.07, 6.45) is 0. The van der Waals surface area contributed by atoms with E-state index in [9.17, 15) is 14.7 Å². The molecule has 0 aromatic carbocycles. The SMILES string of the molecule is CCOC(=O)C([O])(COC)C(C)=O. The lowest BCUT2D eigenvalue weighted by Gasteiger charge is -2.18. The Bertz CT molecular complexity index is 201. The zero-order valence-electron chi connectivity index (χ0n) is 7.96. The number of carbonyl (C=O) groups excluding carboxylic acids is 2. The Morgan fingerprint density at radius 2 is 1.92 bits per heavy atom. The molecule has 0 bridgehead atoms. The van der Waals surface area contributed by atoms with Crippen molar-refractivity contribution in [1.29, 1.82) is 0 Å². The minimum Gasteiger partial charge on any atom is -0.463 e. The Kier molecular flexibility index (Phi) is 4.58. The summed E-state index contributed by atoms with van der Waals surface area (Å²) in [5.74, 6) is -1.88. The van der Waals surface area contributed by atoms with Crippen molar-refractivity contribution in [2.24, 2.45) is 0 Å². The summed E-state index contributed by atoms with van der Waals surface area (Å²) in [6.45, 7) is 2.18. The first-order chi connectivity index (χ1) is 5.99. The first-order valence-corrected chi connectivity index (χ1v) is 3.86. The molecule has 1 radical (unpaired) electrons.